The summed E-state index contributed by atoms with van der Waals surface area (Å²) in [5.74, 6) is 0.345. The van der Waals surface area contributed by atoms with Gasteiger partial charge in [0.25, 0.3) is 0 Å². The van der Waals surface area contributed by atoms with E-state index in [0.717, 1.165) is 12.8 Å². The standard InChI is InChI=1S/C13H18O2/c1-9(14)13-7-5-12(4,6-8-13)10(15)11(13,2)3/h5,7H,6,8H2,1-4H3. The van der Waals surface area contributed by atoms with E-state index in [-0.39, 0.29) is 17.0 Å². The molecule has 0 N–H and O–H groups in total. The van der Waals surface area contributed by atoms with Crippen molar-refractivity contribution in [3.8, 4) is 0 Å². The highest BCUT2D eigenvalue weighted by Crippen LogP contribution is 2.59. The first-order chi connectivity index (χ1) is 6.76. The van der Waals surface area contributed by atoms with Crippen molar-refractivity contribution in [1.82, 2.24) is 0 Å². The Balaban J connectivity index is 2.65. The minimum absolute atomic E-state index is 0.124. The molecule has 3 aliphatic rings. The molecule has 0 heterocycles. The first kappa shape index (κ1) is 10.6. The summed E-state index contributed by atoms with van der Waals surface area (Å²) in [4.78, 5) is 24.2. The van der Waals surface area contributed by atoms with Crippen LogP contribution < -0.4 is 0 Å². The maximum atomic E-state index is 12.3. The lowest BCUT2D eigenvalue weighted by Gasteiger charge is -2.55. The molecule has 0 aromatic carbocycles. The van der Waals surface area contributed by atoms with E-state index in [4.69, 9.17) is 0 Å². The SMILES string of the molecule is CC(=O)C12C=CC(C)(CC1)C(=O)C2(C)C. The highest BCUT2D eigenvalue weighted by molar-refractivity contribution is 6.01. The van der Waals surface area contributed by atoms with Gasteiger partial charge in [-0.1, -0.05) is 26.0 Å². The zero-order valence-corrected chi connectivity index (χ0v) is 9.89. The average Bonchev–Trinajstić information content (AvgIpc) is 2.15. The van der Waals surface area contributed by atoms with E-state index in [1.54, 1.807) is 6.92 Å². The van der Waals surface area contributed by atoms with Crippen LogP contribution in [0.5, 0.6) is 0 Å². The molecule has 82 valence electrons. The minimum Gasteiger partial charge on any atom is -0.299 e. The van der Waals surface area contributed by atoms with Crippen molar-refractivity contribution in [2.45, 2.75) is 40.5 Å². The van der Waals surface area contributed by atoms with E-state index in [1.165, 1.54) is 0 Å². The molecule has 0 radical (unpaired) electrons. The van der Waals surface area contributed by atoms with E-state index < -0.39 is 10.8 Å². The van der Waals surface area contributed by atoms with Gasteiger partial charge in [0, 0.05) is 10.8 Å². The fourth-order valence-electron chi connectivity index (χ4n) is 3.31. The van der Waals surface area contributed by atoms with Crippen LogP contribution in [-0.4, -0.2) is 11.6 Å². The van der Waals surface area contributed by atoms with Crippen molar-refractivity contribution in [3.05, 3.63) is 12.2 Å². The number of allylic oxidation sites excluding steroid dienone is 2. The normalized spacial score (nSPS) is 42.0. The number of ketones is 2. The Labute approximate surface area is 90.7 Å². The fourth-order valence-corrected chi connectivity index (χ4v) is 3.31. The molecule has 0 aliphatic heterocycles. The summed E-state index contributed by atoms with van der Waals surface area (Å²) >= 11 is 0. The largest absolute Gasteiger partial charge is 0.299 e. The van der Waals surface area contributed by atoms with Gasteiger partial charge in [-0.2, -0.15) is 0 Å². The smallest absolute Gasteiger partial charge is 0.149 e. The first-order valence-electron chi connectivity index (χ1n) is 5.53. The predicted octanol–water partition coefficient (Wildman–Crippen LogP) is 2.53. The molecule has 0 aromatic heterocycles. The van der Waals surface area contributed by atoms with Gasteiger partial charge in [0.1, 0.15) is 11.6 Å². The maximum Gasteiger partial charge on any atom is 0.149 e. The van der Waals surface area contributed by atoms with Crippen molar-refractivity contribution in [3.63, 3.8) is 0 Å². The summed E-state index contributed by atoms with van der Waals surface area (Å²) in [5.41, 5.74) is -1.41. The molecule has 3 rings (SSSR count). The van der Waals surface area contributed by atoms with Crippen molar-refractivity contribution < 1.29 is 9.59 Å². The number of Topliss-reactive ketones (excluding diaryl/α,β-unsaturated/α-hetero) is 2. The van der Waals surface area contributed by atoms with Gasteiger partial charge < -0.3 is 0 Å². The molecule has 0 saturated heterocycles. The van der Waals surface area contributed by atoms with Crippen LogP contribution in [0.1, 0.15) is 40.5 Å². The number of carbonyl (C=O) groups is 2. The van der Waals surface area contributed by atoms with Crippen LogP contribution >= 0.6 is 0 Å². The number of hydrogen-bond donors (Lipinski definition) is 0. The monoisotopic (exact) mass is 206 g/mol. The van der Waals surface area contributed by atoms with Crippen molar-refractivity contribution >= 4 is 11.6 Å². The van der Waals surface area contributed by atoms with Gasteiger partial charge in [0.2, 0.25) is 0 Å². The van der Waals surface area contributed by atoms with Crippen LogP contribution in [0.15, 0.2) is 12.2 Å². The summed E-state index contributed by atoms with van der Waals surface area (Å²) < 4.78 is 0. The molecule has 3 aliphatic carbocycles. The van der Waals surface area contributed by atoms with Gasteiger partial charge in [-0.05, 0) is 26.7 Å². The molecule has 0 amide bonds. The van der Waals surface area contributed by atoms with Crippen LogP contribution in [0, 0.1) is 16.2 Å². The Morgan fingerprint density at radius 3 is 2.20 bits per heavy atom. The Bertz CT molecular complexity index is 378. The number of fused-ring (bicyclic) bond motifs is 2. The Morgan fingerprint density at radius 1 is 1.20 bits per heavy atom. The molecule has 1 fully saturated rings. The molecule has 0 spiro atoms. The van der Waals surface area contributed by atoms with Crippen molar-refractivity contribution in [2.24, 2.45) is 16.2 Å². The summed E-state index contributed by atoms with van der Waals surface area (Å²) in [6.45, 7) is 7.42. The van der Waals surface area contributed by atoms with E-state index >= 15 is 0 Å². The molecule has 2 heteroatoms. The second-order valence-electron chi connectivity index (χ2n) is 5.73. The third-order valence-corrected chi connectivity index (χ3v) is 4.60. The third kappa shape index (κ3) is 1.000. The van der Waals surface area contributed by atoms with E-state index in [0.29, 0.717) is 0 Å². The molecular formula is C13H18O2. The molecular weight excluding hydrogens is 188 g/mol. The first-order valence-corrected chi connectivity index (χ1v) is 5.53. The minimum atomic E-state index is -0.541. The predicted molar refractivity (Wildman–Crippen MR) is 58.4 cm³/mol. The summed E-state index contributed by atoms with van der Waals surface area (Å²) in [7, 11) is 0. The summed E-state index contributed by atoms with van der Waals surface area (Å²) in [6.07, 6.45) is 5.56. The lowest BCUT2D eigenvalue weighted by atomic mass is 9.46. The lowest BCUT2D eigenvalue weighted by Crippen LogP contribution is -2.58. The van der Waals surface area contributed by atoms with Gasteiger partial charge in [-0.3, -0.25) is 9.59 Å². The molecule has 2 atom stereocenters. The zero-order chi connectivity index (χ0) is 11.5. The average molecular weight is 206 g/mol. The Morgan fingerprint density at radius 2 is 1.80 bits per heavy atom. The molecule has 15 heavy (non-hydrogen) atoms. The number of carbonyl (C=O) groups excluding carboxylic acids is 2. The van der Waals surface area contributed by atoms with Crippen LogP contribution in [0.2, 0.25) is 0 Å². The molecule has 2 nitrogen and oxygen atoms in total. The Hall–Kier alpha value is -0.920. The number of hydrogen-bond acceptors (Lipinski definition) is 2. The van der Waals surface area contributed by atoms with Gasteiger partial charge in [0.15, 0.2) is 0 Å². The van der Waals surface area contributed by atoms with Crippen molar-refractivity contribution in [1.29, 1.82) is 0 Å². The van der Waals surface area contributed by atoms with Crippen LogP contribution in [0.25, 0.3) is 0 Å². The van der Waals surface area contributed by atoms with Gasteiger partial charge >= 0.3 is 0 Å². The summed E-state index contributed by atoms with van der Waals surface area (Å²) in [5, 5.41) is 0. The highest BCUT2D eigenvalue weighted by atomic mass is 16.1. The van der Waals surface area contributed by atoms with Gasteiger partial charge in [-0.25, -0.2) is 0 Å². The van der Waals surface area contributed by atoms with E-state index in [9.17, 15) is 9.59 Å². The second kappa shape index (κ2) is 2.60. The van der Waals surface area contributed by atoms with E-state index in [1.807, 2.05) is 32.9 Å². The summed E-state index contributed by atoms with van der Waals surface area (Å²) in [6, 6.07) is 0. The topological polar surface area (TPSA) is 34.1 Å². The van der Waals surface area contributed by atoms with E-state index in [2.05, 4.69) is 0 Å². The molecule has 1 saturated carbocycles. The maximum absolute atomic E-state index is 12.3. The fraction of sp³-hybridized carbons (Fsp3) is 0.692. The molecule has 0 aromatic rings. The molecule has 2 bridgehead atoms. The van der Waals surface area contributed by atoms with Gasteiger partial charge in [-0.15, -0.1) is 0 Å². The second-order valence-corrected chi connectivity index (χ2v) is 5.73. The Kier molecular flexibility index (Phi) is 1.84. The van der Waals surface area contributed by atoms with Crippen LogP contribution in [0.3, 0.4) is 0 Å². The van der Waals surface area contributed by atoms with Crippen molar-refractivity contribution in [2.75, 3.05) is 0 Å². The quantitative estimate of drug-likeness (QED) is 0.618. The zero-order valence-electron chi connectivity index (χ0n) is 9.89. The van der Waals surface area contributed by atoms with Crippen LogP contribution in [0.4, 0.5) is 0 Å². The highest BCUT2D eigenvalue weighted by Gasteiger charge is 2.61. The molecule has 2 unspecified atom stereocenters. The third-order valence-electron chi connectivity index (χ3n) is 4.60. The lowest BCUT2D eigenvalue weighted by molar-refractivity contribution is -0.156. The van der Waals surface area contributed by atoms with Crippen LogP contribution in [-0.2, 0) is 9.59 Å². The van der Waals surface area contributed by atoms with Gasteiger partial charge in [0.05, 0.1) is 5.41 Å². The number of rotatable bonds is 1.